The van der Waals surface area contributed by atoms with Crippen molar-refractivity contribution in [3.05, 3.63) is 29.2 Å². The zero-order valence-electron chi connectivity index (χ0n) is 11.1. The van der Waals surface area contributed by atoms with Crippen LogP contribution in [0.15, 0.2) is 17.6 Å². The summed E-state index contributed by atoms with van der Waals surface area (Å²) in [6.07, 6.45) is 3.68. The van der Waals surface area contributed by atoms with Crippen LogP contribution < -0.4 is 5.32 Å². The first-order valence-electron chi connectivity index (χ1n) is 5.73. The van der Waals surface area contributed by atoms with E-state index in [0.717, 1.165) is 28.0 Å². The van der Waals surface area contributed by atoms with E-state index in [2.05, 4.69) is 20.4 Å². The molecule has 5 nitrogen and oxygen atoms in total. The molecular formula is C12H17N5S. The van der Waals surface area contributed by atoms with E-state index >= 15 is 0 Å². The Labute approximate surface area is 111 Å². The predicted molar refractivity (Wildman–Crippen MR) is 73.8 cm³/mol. The summed E-state index contributed by atoms with van der Waals surface area (Å²) in [6, 6.07) is 0. The van der Waals surface area contributed by atoms with Gasteiger partial charge in [0, 0.05) is 37.8 Å². The summed E-state index contributed by atoms with van der Waals surface area (Å²) in [4.78, 5) is 8.58. The average Bonchev–Trinajstić information content (AvgIpc) is 2.62. The molecule has 0 atom stereocenters. The molecule has 0 saturated heterocycles. The van der Waals surface area contributed by atoms with E-state index in [1.165, 1.54) is 5.56 Å². The molecule has 0 unspecified atom stereocenters. The van der Waals surface area contributed by atoms with Gasteiger partial charge in [0.05, 0.1) is 5.69 Å². The van der Waals surface area contributed by atoms with Crippen molar-refractivity contribution in [2.75, 3.05) is 12.4 Å². The molecule has 0 radical (unpaired) electrons. The molecule has 0 spiro atoms. The van der Waals surface area contributed by atoms with Gasteiger partial charge in [-0.15, -0.1) is 0 Å². The third kappa shape index (κ3) is 2.64. The van der Waals surface area contributed by atoms with Crippen molar-refractivity contribution in [2.45, 2.75) is 24.8 Å². The summed E-state index contributed by atoms with van der Waals surface area (Å²) in [5.41, 5.74) is 3.32. The third-order valence-corrected chi connectivity index (χ3v) is 3.59. The average molecular weight is 263 g/mol. The van der Waals surface area contributed by atoms with E-state index < -0.39 is 0 Å². The van der Waals surface area contributed by atoms with Gasteiger partial charge in [0.15, 0.2) is 5.16 Å². The number of aryl methyl sites for hydroxylation is 3. The minimum absolute atomic E-state index is 0.797. The van der Waals surface area contributed by atoms with Crippen molar-refractivity contribution in [2.24, 2.45) is 7.05 Å². The van der Waals surface area contributed by atoms with Gasteiger partial charge in [-0.25, -0.2) is 9.97 Å². The fraction of sp³-hybridized carbons (Fsp3) is 0.417. The van der Waals surface area contributed by atoms with Gasteiger partial charge in [0.25, 0.3) is 0 Å². The Morgan fingerprint density at radius 2 is 1.94 bits per heavy atom. The quantitative estimate of drug-likeness (QED) is 0.676. The zero-order chi connectivity index (χ0) is 13.1. The van der Waals surface area contributed by atoms with Crippen molar-refractivity contribution in [3.8, 4) is 0 Å². The van der Waals surface area contributed by atoms with Crippen LogP contribution in [0.3, 0.4) is 0 Å². The van der Waals surface area contributed by atoms with Crippen molar-refractivity contribution in [1.29, 1.82) is 0 Å². The van der Waals surface area contributed by atoms with Crippen LogP contribution in [0.4, 0.5) is 5.82 Å². The summed E-state index contributed by atoms with van der Waals surface area (Å²) in [6.45, 7) is 4.01. The molecule has 1 N–H and O–H groups in total. The van der Waals surface area contributed by atoms with Crippen LogP contribution in [0.1, 0.15) is 16.8 Å². The van der Waals surface area contributed by atoms with Gasteiger partial charge < -0.3 is 5.32 Å². The maximum atomic E-state index is 4.41. The van der Waals surface area contributed by atoms with Gasteiger partial charge in [0.2, 0.25) is 0 Å². The van der Waals surface area contributed by atoms with Crippen molar-refractivity contribution in [3.63, 3.8) is 0 Å². The van der Waals surface area contributed by atoms with Crippen molar-refractivity contribution < 1.29 is 0 Å². The Balaban J connectivity index is 2.12. The van der Waals surface area contributed by atoms with E-state index in [9.17, 15) is 0 Å². The van der Waals surface area contributed by atoms with Gasteiger partial charge >= 0.3 is 0 Å². The minimum atomic E-state index is 0.797. The fourth-order valence-electron chi connectivity index (χ4n) is 1.78. The van der Waals surface area contributed by atoms with Crippen LogP contribution in [-0.2, 0) is 12.8 Å². The van der Waals surface area contributed by atoms with Crippen molar-refractivity contribution in [1.82, 2.24) is 19.7 Å². The molecule has 2 aromatic rings. The molecule has 0 aliphatic rings. The molecule has 0 aromatic carbocycles. The van der Waals surface area contributed by atoms with Gasteiger partial charge in [-0.2, -0.15) is 5.10 Å². The van der Waals surface area contributed by atoms with E-state index in [4.69, 9.17) is 0 Å². The number of nitrogens with one attached hydrogen (secondary N) is 1. The SMILES string of the molecule is CNc1c(CSc2ncc(C)cn2)c(C)nn1C. The van der Waals surface area contributed by atoms with Crippen LogP contribution in [-0.4, -0.2) is 26.8 Å². The molecule has 18 heavy (non-hydrogen) atoms. The number of rotatable bonds is 4. The monoisotopic (exact) mass is 263 g/mol. The maximum absolute atomic E-state index is 4.41. The van der Waals surface area contributed by atoms with Crippen LogP contribution in [0.25, 0.3) is 0 Å². The maximum Gasteiger partial charge on any atom is 0.187 e. The van der Waals surface area contributed by atoms with Gasteiger partial charge in [-0.3, -0.25) is 4.68 Å². The largest absolute Gasteiger partial charge is 0.373 e. The number of aromatic nitrogens is 4. The first kappa shape index (κ1) is 12.9. The summed E-state index contributed by atoms with van der Waals surface area (Å²) < 4.78 is 1.86. The first-order chi connectivity index (χ1) is 8.61. The van der Waals surface area contributed by atoms with E-state index in [1.807, 2.05) is 45.0 Å². The second-order valence-electron chi connectivity index (χ2n) is 4.12. The Bertz CT molecular complexity index is 532. The molecule has 96 valence electrons. The smallest absolute Gasteiger partial charge is 0.187 e. The lowest BCUT2D eigenvalue weighted by Gasteiger charge is -2.05. The molecule has 2 heterocycles. The standard InChI is InChI=1S/C12H17N5S/c1-8-5-14-12(15-6-8)18-7-10-9(2)16-17(4)11(10)13-3/h5-6,13H,7H2,1-4H3. The Hall–Kier alpha value is -1.56. The van der Waals surface area contributed by atoms with Crippen LogP contribution in [0.2, 0.25) is 0 Å². The normalized spacial score (nSPS) is 10.7. The van der Waals surface area contributed by atoms with E-state index in [-0.39, 0.29) is 0 Å². The summed E-state index contributed by atoms with van der Waals surface area (Å²) in [5, 5.41) is 8.38. The molecule has 6 heteroatoms. The number of hydrogen-bond acceptors (Lipinski definition) is 5. The minimum Gasteiger partial charge on any atom is -0.373 e. The lowest BCUT2D eigenvalue weighted by atomic mass is 10.3. The number of thioether (sulfide) groups is 1. The molecule has 0 bridgehead atoms. The van der Waals surface area contributed by atoms with Crippen LogP contribution >= 0.6 is 11.8 Å². The molecular weight excluding hydrogens is 246 g/mol. The third-order valence-electron chi connectivity index (χ3n) is 2.69. The molecule has 0 saturated carbocycles. The predicted octanol–water partition coefficient (Wildman–Crippen LogP) is 2.16. The second-order valence-corrected chi connectivity index (χ2v) is 5.06. The van der Waals surface area contributed by atoms with Crippen LogP contribution in [0.5, 0.6) is 0 Å². The fourth-order valence-corrected chi connectivity index (χ4v) is 2.65. The molecule has 0 aliphatic heterocycles. The Kier molecular flexibility index (Phi) is 3.86. The highest BCUT2D eigenvalue weighted by Gasteiger charge is 2.12. The Morgan fingerprint density at radius 1 is 1.28 bits per heavy atom. The highest BCUT2D eigenvalue weighted by atomic mass is 32.2. The number of hydrogen-bond donors (Lipinski definition) is 1. The van der Waals surface area contributed by atoms with Gasteiger partial charge in [-0.1, -0.05) is 11.8 Å². The van der Waals surface area contributed by atoms with Crippen LogP contribution in [0, 0.1) is 13.8 Å². The number of anilines is 1. The van der Waals surface area contributed by atoms with Crippen molar-refractivity contribution >= 4 is 17.6 Å². The first-order valence-corrected chi connectivity index (χ1v) is 6.72. The van der Waals surface area contributed by atoms with E-state index in [0.29, 0.717) is 0 Å². The topological polar surface area (TPSA) is 55.6 Å². The molecule has 2 rings (SSSR count). The highest BCUT2D eigenvalue weighted by Crippen LogP contribution is 2.26. The second kappa shape index (κ2) is 5.39. The molecule has 0 fully saturated rings. The summed E-state index contributed by atoms with van der Waals surface area (Å²) in [7, 11) is 3.85. The zero-order valence-corrected chi connectivity index (χ0v) is 11.9. The summed E-state index contributed by atoms with van der Waals surface area (Å²) >= 11 is 1.62. The molecule has 2 aromatic heterocycles. The Morgan fingerprint density at radius 3 is 2.56 bits per heavy atom. The van der Waals surface area contributed by atoms with Gasteiger partial charge in [0.1, 0.15) is 5.82 Å². The lowest BCUT2D eigenvalue weighted by Crippen LogP contribution is -2.00. The lowest BCUT2D eigenvalue weighted by molar-refractivity contribution is 0.763. The summed E-state index contributed by atoms with van der Waals surface area (Å²) in [5.74, 6) is 1.87. The molecule has 0 amide bonds. The van der Waals surface area contributed by atoms with Gasteiger partial charge in [-0.05, 0) is 19.4 Å². The number of nitrogens with zero attached hydrogens (tertiary/aromatic N) is 4. The molecule has 0 aliphatic carbocycles. The van der Waals surface area contributed by atoms with E-state index in [1.54, 1.807) is 11.8 Å². The highest BCUT2D eigenvalue weighted by molar-refractivity contribution is 7.98.